The van der Waals surface area contributed by atoms with E-state index in [9.17, 15) is 24.0 Å². The maximum absolute atomic E-state index is 12.6. The Morgan fingerprint density at radius 1 is 0.689 bits per heavy atom. The van der Waals surface area contributed by atoms with E-state index in [2.05, 4.69) is 27.4 Å². The third kappa shape index (κ3) is 11.0. The van der Waals surface area contributed by atoms with Gasteiger partial charge in [-0.25, -0.2) is 24.0 Å². The highest BCUT2D eigenvalue weighted by molar-refractivity contribution is 5.92. The van der Waals surface area contributed by atoms with Crippen molar-refractivity contribution >= 4 is 30.2 Å². The number of hydrogen-bond acceptors (Lipinski definition) is 14. The van der Waals surface area contributed by atoms with Crippen LogP contribution in [0.25, 0.3) is 0 Å². The summed E-state index contributed by atoms with van der Waals surface area (Å²) in [6, 6.07) is 15.2. The van der Waals surface area contributed by atoms with Crippen molar-refractivity contribution in [2.75, 3.05) is 13.6 Å². The third-order valence-corrected chi connectivity index (χ3v) is 5.30. The number of aliphatic hydroxyl groups is 1. The minimum atomic E-state index is -1.30. The number of rotatable bonds is 13. The van der Waals surface area contributed by atoms with E-state index in [0.29, 0.717) is 5.56 Å². The highest BCUT2D eigenvalue weighted by Crippen LogP contribution is 2.26. The molecular weight excluding hydrogens is 596 g/mol. The van der Waals surface area contributed by atoms with Crippen LogP contribution in [0.1, 0.15) is 26.3 Å². The molecule has 1 unspecified atom stereocenters. The number of aliphatic hydroxyl groups excluding tert-OH is 1. The van der Waals surface area contributed by atoms with Crippen molar-refractivity contribution in [2.45, 2.75) is 13.2 Å². The molecule has 1 atom stereocenters. The number of carbonyl (C=O) groups excluding carboxylic acids is 5. The molecule has 0 radical (unpaired) electrons. The Morgan fingerprint density at radius 2 is 1.20 bits per heavy atom. The fraction of sp³-hybridized carbons (Fsp3) is 0.129. The fourth-order valence-corrected chi connectivity index (χ4v) is 3.11. The summed E-state index contributed by atoms with van der Waals surface area (Å²) in [5.41, 5.74) is 0.783. The first kappa shape index (κ1) is 33.5. The molecule has 0 heterocycles. The van der Waals surface area contributed by atoms with E-state index in [0.717, 1.165) is 12.2 Å². The molecule has 14 nitrogen and oxygen atoms in total. The number of esters is 3. The molecule has 0 aromatic heterocycles. The molecule has 14 heteroatoms. The predicted molar refractivity (Wildman–Crippen MR) is 152 cm³/mol. The Hall–Kier alpha value is -5.99. The van der Waals surface area contributed by atoms with Crippen LogP contribution in [0.2, 0.25) is 0 Å². The van der Waals surface area contributed by atoms with Crippen LogP contribution in [0.3, 0.4) is 0 Å². The lowest BCUT2D eigenvalue weighted by Gasteiger charge is -2.11. The van der Waals surface area contributed by atoms with E-state index in [4.69, 9.17) is 28.8 Å². The molecule has 0 spiro atoms. The van der Waals surface area contributed by atoms with E-state index in [1.807, 2.05) is 0 Å². The van der Waals surface area contributed by atoms with Gasteiger partial charge in [-0.2, -0.15) is 0 Å². The van der Waals surface area contributed by atoms with Crippen LogP contribution in [-0.4, -0.2) is 55.2 Å². The average molecular weight is 623 g/mol. The topological polar surface area (TPSA) is 179 Å². The van der Waals surface area contributed by atoms with Gasteiger partial charge in [0.05, 0.1) is 11.1 Å². The lowest BCUT2D eigenvalue weighted by Crippen LogP contribution is -2.17. The molecule has 0 bridgehead atoms. The summed E-state index contributed by atoms with van der Waals surface area (Å²) >= 11 is 0. The zero-order valence-electron chi connectivity index (χ0n) is 23.7. The Balaban J connectivity index is 1.49. The van der Waals surface area contributed by atoms with Gasteiger partial charge < -0.3 is 43.0 Å². The summed E-state index contributed by atoms with van der Waals surface area (Å²) in [4.78, 5) is 59.4. The maximum Gasteiger partial charge on any atom is 0.516 e. The predicted octanol–water partition coefficient (Wildman–Crippen LogP) is 4.63. The van der Waals surface area contributed by atoms with Crippen LogP contribution < -0.4 is 18.9 Å². The monoisotopic (exact) mass is 622 g/mol. The van der Waals surface area contributed by atoms with Crippen LogP contribution in [0, 0.1) is 6.92 Å². The fourth-order valence-electron chi connectivity index (χ4n) is 3.11. The second-order valence-electron chi connectivity index (χ2n) is 8.44. The van der Waals surface area contributed by atoms with Gasteiger partial charge in [0.15, 0.2) is 13.1 Å². The van der Waals surface area contributed by atoms with Gasteiger partial charge in [0, 0.05) is 6.08 Å². The lowest BCUT2D eigenvalue weighted by atomic mass is 10.2. The van der Waals surface area contributed by atoms with E-state index in [-0.39, 0.29) is 34.1 Å². The molecule has 0 saturated heterocycles. The van der Waals surface area contributed by atoms with E-state index in [1.165, 1.54) is 66.7 Å². The second kappa shape index (κ2) is 16.6. The van der Waals surface area contributed by atoms with Crippen molar-refractivity contribution in [3.05, 3.63) is 109 Å². The molecule has 45 heavy (non-hydrogen) atoms. The first-order valence-electron chi connectivity index (χ1n) is 12.7. The highest BCUT2D eigenvalue weighted by Gasteiger charge is 2.15. The van der Waals surface area contributed by atoms with Gasteiger partial charge in [0.25, 0.3) is 0 Å². The second-order valence-corrected chi connectivity index (χ2v) is 8.44. The zero-order chi connectivity index (χ0) is 32.8. The van der Waals surface area contributed by atoms with Crippen LogP contribution in [0.5, 0.6) is 23.0 Å². The molecular formula is C31H26O14. The van der Waals surface area contributed by atoms with Crippen molar-refractivity contribution in [2.24, 2.45) is 0 Å². The standard InChI is InChI=1S/C31H26O14/c1-4-26(32)38-17-40-30(36)43-22-10-6-20(7-11-22)28(34)42-24-14-15-25(19(3)16-24)45-29(35)21-8-12-23(13-9-21)44-31(37)41-18-39-27(33)5-2/h4-16,27,33H,1-2,17-18H2,3H3. The highest BCUT2D eigenvalue weighted by atomic mass is 16.8. The lowest BCUT2D eigenvalue weighted by molar-refractivity contribution is -0.146. The molecule has 3 aromatic rings. The molecule has 0 aliphatic heterocycles. The van der Waals surface area contributed by atoms with Crippen LogP contribution in [0.15, 0.2) is 92.0 Å². The number of benzene rings is 3. The smallest absolute Gasteiger partial charge is 0.425 e. The maximum atomic E-state index is 12.6. The zero-order valence-corrected chi connectivity index (χ0v) is 23.7. The molecule has 0 aliphatic rings. The number of ether oxygens (including phenoxy) is 8. The SMILES string of the molecule is C=CC(=O)OCOC(=O)Oc1ccc(C(=O)Oc2ccc(OC(=O)c3ccc(OC(=O)OCOC(O)C=C)cc3)c(C)c2)cc1. The molecule has 234 valence electrons. The summed E-state index contributed by atoms with van der Waals surface area (Å²) in [6.45, 7) is 6.92. The first-order valence-corrected chi connectivity index (χ1v) is 12.7. The van der Waals surface area contributed by atoms with Gasteiger partial charge in [0.1, 0.15) is 23.0 Å². The normalized spacial score (nSPS) is 10.8. The van der Waals surface area contributed by atoms with Crippen molar-refractivity contribution in [3.63, 3.8) is 0 Å². The quantitative estimate of drug-likeness (QED) is 0.0696. The third-order valence-electron chi connectivity index (χ3n) is 5.30. The van der Waals surface area contributed by atoms with Gasteiger partial charge >= 0.3 is 30.2 Å². The number of hydrogen-bond donors (Lipinski definition) is 1. The summed E-state index contributed by atoms with van der Waals surface area (Å²) in [7, 11) is 0. The van der Waals surface area contributed by atoms with Gasteiger partial charge in [-0.3, -0.25) is 0 Å². The minimum Gasteiger partial charge on any atom is -0.425 e. The van der Waals surface area contributed by atoms with Gasteiger partial charge in [-0.15, -0.1) is 0 Å². The Morgan fingerprint density at radius 3 is 1.71 bits per heavy atom. The Labute approximate surface area is 255 Å². The summed E-state index contributed by atoms with van der Waals surface area (Å²) < 4.78 is 39.1. The number of carbonyl (C=O) groups is 5. The summed E-state index contributed by atoms with van der Waals surface area (Å²) in [5.74, 6) is -1.67. The van der Waals surface area contributed by atoms with Crippen molar-refractivity contribution in [1.29, 1.82) is 0 Å². The molecule has 0 amide bonds. The van der Waals surface area contributed by atoms with E-state index < -0.39 is 50.1 Å². The average Bonchev–Trinajstić information content (AvgIpc) is 3.02. The van der Waals surface area contributed by atoms with Crippen molar-refractivity contribution in [1.82, 2.24) is 0 Å². The largest absolute Gasteiger partial charge is 0.516 e. The Bertz CT molecular complexity index is 1540. The molecule has 3 aromatic carbocycles. The molecule has 3 rings (SSSR count). The molecule has 0 aliphatic carbocycles. The molecule has 0 saturated carbocycles. The van der Waals surface area contributed by atoms with E-state index >= 15 is 0 Å². The summed E-state index contributed by atoms with van der Waals surface area (Å²) in [5, 5.41) is 9.16. The van der Waals surface area contributed by atoms with Gasteiger partial charge in [0.2, 0.25) is 6.79 Å². The molecule has 1 N–H and O–H groups in total. The van der Waals surface area contributed by atoms with Crippen molar-refractivity contribution < 1.29 is 67.0 Å². The Kier molecular flexibility index (Phi) is 12.4. The van der Waals surface area contributed by atoms with Gasteiger partial charge in [-0.05, 0) is 85.3 Å². The van der Waals surface area contributed by atoms with Crippen LogP contribution in [0.4, 0.5) is 9.59 Å². The summed E-state index contributed by atoms with van der Waals surface area (Å²) in [6.07, 6.45) is -1.52. The van der Waals surface area contributed by atoms with Gasteiger partial charge in [-0.1, -0.05) is 13.2 Å². The van der Waals surface area contributed by atoms with E-state index in [1.54, 1.807) is 6.92 Å². The minimum absolute atomic E-state index is 0.0600. The first-order chi connectivity index (χ1) is 21.6. The van der Waals surface area contributed by atoms with Crippen molar-refractivity contribution in [3.8, 4) is 23.0 Å². The van der Waals surface area contributed by atoms with Crippen LogP contribution >= 0.6 is 0 Å². The number of aryl methyl sites for hydroxylation is 1. The molecule has 0 fully saturated rings. The van der Waals surface area contributed by atoms with Crippen LogP contribution in [-0.2, 0) is 23.7 Å².